The molecule has 0 bridgehead atoms. The van der Waals surface area contributed by atoms with Crippen LogP contribution >= 0.6 is 11.6 Å². The number of β-amino-alcohol motifs (C(OH)–C–C–N with tert-alkyl or cyclic N) is 1. The number of rotatable bonds is 4. The van der Waals surface area contributed by atoms with Gasteiger partial charge in [0.05, 0.1) is 19.3 Å². The lowest BCUT2D eigenvalue weighted by atomic mass is 9.94. The first-order chi connectivity index (χ1) is 11.6. The van der Waals surface area contributed by atoms with Crippen LogP contribution in [-0.4, -0.2) is 66.8 Å². The highest BCUT2D eigenvalue weighted by Crippen LogP contribution is 2.26. The monoisotopic (exact) mass is 352 g/mol. The van der Waals surface area contributed by atoms with Crippen molar-refractivity contribution in [3.05, 3.63) is 34.9 Å². The minimum absolute atomic E-state index is 0.108. The number of morpholine rings is 1. The molecule has 1 atom stereocenters. The molecule has 132 valence electrons. The molecule has 0 aromatic heterocycles. The van der Waals surface area contributed by atoms with Gasteiger partial charge < -0.3 is 19.6 Å². The van der Waals surface area contributed by atoms with E-state index in [-0.39, 0.29) is 11.8 Å². The summed E-state index contributed by atoms with van der Waals surface area (Å²) < 4.78 is 5.31. The van der Waals surface area contributed by atoms with E-state index in [1.54, 1.807) is 6.07 Å². The van der Waals surface area contributed by atoms with Crippen molar-refractivity contribution < 1.29 is 14.6 Å². The van der Waals surface area contributed by atoms with Gasteiger partial charge >= 0.3 is 0 Å². The summed E-state index contributed by atoms with van der Waals surface area (Å²) in [5.74, 6) is 0.376. The molecule has 0 aliphatic carbocycles. The van der Waals surface area contributed by atoms with Crippen molar-refractivity contribution in [1.82, 2.24) is 9.80 Å². The number of hydrogen-bond acceptors (Lipinski definition) is 4. The summed E-state index contributed by atoms with van der Waals surface area (Å²) in [5.41, 5.74) is 0.769. The maximum absolute atomic E-state index is 12.5. The lowest BCUT2D eigenvalue weighted by Crippen LogP contribution is -2.47. The van der Waals surface area contributed by atoms with Gasteiger partial charge in [-0.15, -0.1) is 0 Å². The highest BCUT2D eigenvalue weighted by molar-refractivity contribution is 6.31. The molecule has 2 fully saturated rings. The van der Waals surface area contributed by atoms with Crippen molar-refractivity contribution in [3.8, 4) is 0 Å². The first kappa shape index (κ1) is 17.7. The van der Waals surface area contributed by atoms with Crippen LogP contribution in [0.5, 0.6) is 0 Å². The average molecular weight is 353 g/mol. The summed E-state index contributed by atoms with van der Waals surface area (Å²) in [5, 5.41) is 11.0. The van der Waals surface area contributed by atoms with Crippen LogP contribution in [0, 0.1) is 5.92 Å². The van der Waals surface area contributed by atoms with Gasteiger partial charge in [0.15, 0.2) is 0 Å². The fraction of sp³-hybridized carbons (Fsp3) is 0.611. The third-order valence-electron chi connectivity index (χ3n) is 4.95. The number of piperidine rings is 1. The van der Waals surface area contributed by atoms with Gasteiger partial charge in [-0.1, -0.05) is 29.8 Å². The number of carbonyl (C=O) groups is 1. The number of halogens is 1. The molecule has 0 spiro atoms. The van der Waals surface area contributed by atoms with Crippen molar-refractivity contribution in [2.45, 2.75) is 18.9 Å². The molecule has 3 rings (SSSR count). The third-order valence-corrected chi connectivity index (χ3v) is 5.30. The Morgan fingerprint density at radius 2 is 1.88 bits per heavy atom. The van der Waals surface area contributed by atoms with Crippen molar-refractivity contribution >= 4 is 17.5 Å². The molecule has 0 unspecified atom stereocenters. The second kappa shape index (κ2) is 8.30. The standard InChI is InChI=1S/C18H25ClN2O3/c19-16-4-2-1-3-15(16)17(22)13-20-7-5-14(6-8-20)18(23)21-9-11-24-12-10-21/h1-4,14,17,22H,5-13H2/t17-/m0/s1. The Balaban J connectivity index is 1.48. The fourth-order valence-electron chi connectivity index (χ4n) is 3.49. The van der Waals surface area contributed by atoms with E-state index in [2.05, 4.69) is 4.90 Å². The van der Waals surface area contributed by atoms with Crippen LogP contribution < -0.4 is 0 Å². The van der Waals surface area contributed by atoms with Crippen molar-refractivity contribution in [3.63, 3.8) is 0 Å². The molecule has 1 N–H and O–H groups in total. The fourth-order valence-corrected chi connectivity index (χ4v) is 3.75. The second-order valence-corrected chi connectivity index (χ2v) is 6.96. The highest BCUT2D eigenvalue weighted by atomic mass is 35.5. The molecule has 24 heavy (non-hydrogen) atoms. The molecular weight excluding hydrogens is 328 g/mol. The number of benzene rings is 1. The Morgan fingerprint density at radius 1 is 1.21 bits per heavy atom. The number of aliphatic hydroxyl groups is 1. The van der Waals surface area contributed by atoms with E-state index >= 15 is 0 Å². The summed E-state index contributed by atoms with van der Waals surface area (Å²) in [7, 11) is 0. The quantitative estimate of drug-likeness (QED) is 0.899. The molecule has 1 aromatic carbocycles. The highest BCUT2D eigenvalue weighted by Gasteiger charge is 2.30. The SMILES string of the molecule is O=C(C1CCN(C[C@H](O)c2ccccc2Cl)CC1)N1CCOCC1. The van der Waals surface area contributed by atoms with E-state index in [9.17, 15) is 9.90 Å². The number of likely N-dealkylation sites (tertiary alicyclic amines) is 1. The summed E-state index contributed by atoms with van der Waals surface area (Å²) >= 11 is 6.15. The van der Waals surface area contributed by atoms with Crippen LogP contribution in [0.25, 0.3) is 0 Å². The lowest BCUT2D eigenvalue weighted by Gasteiger charge is -2.36. The Labute approximate surface area is 148 Å². The van der Waals surface area contributed by atoms with Gasteiger partial charge in [-0.05, 0) is 32.0 Å². The molecule has 0 radical (unpaired) electrons. The van der Waals surface area contributed by atoms with E-state index in [1.807, 2.05) is 23.1 Å². The maximum atomic E-state index is 12.5. The van der Waals surface area contributed by atoms with E-state index < -0.39 is 6.10 Å². The molecule has 5 nitrogen and oxygen atoms in total. The van der Waals surface area contributed by atoms with Gasteiger partial charge in [-0.2, -0.15) is 0 Å². The molecule has 2 aliphatic rings. The topological polar surface area (TPSA) is 53.0 Å². The minimum Gasteiger partial charge on any atom is -0.387 e. The molecular formula is C18H25ClN2O3. The minimum atomic E-state index is -0.592. The first-order valence-electron chi connectivity index (χ1n) is 8.66. The van der Waals surface area contributed by atoms with E-state index in [4.69, 9.17) is 16.3 Å². The summed E-state index contributed by atoms with van der Waals surface area (Å²) in [6.45, 7) is 4.95. The Hall–Kier alpha value is -1.14. The lowest BCUT2D eigenvalue weighted by molar-refractivity contribution is -0.141. The largest absolute Gasteiger partial charge is 0.387 e. The van der Waals surface area contributed by atoms with Gasteiger partial charge in [-0.3, -0.25) is 4.79 Å². The number of amides is 1. The molecule has 0 saturated carbocycles. The predicted octanol–water partition coefficient (Wildman–Crippen LogP) is 1.94. The van der Waals surface area contributed by atoms with E-state index in [0.717, 1.165) is 31.5 Å². The summed E-state index contributed by atoms with van der Waals surface area (Å²) in [6, 6.07) is 7.41. The smallest absolute Gasteiger partial charge is 0.225 e. The zero-order valence-electron chi connectivity index (χ0n) is 13.9. The zero-order chi connectivity index (χ0) is 16.9. The number of hydrogen-bond donors (Lipinski definition) is 1. The molecule has 2 aliphatic heterocycles. The molecule has 2 heterocycles. The third kappa shape index (κ3) is 4.28. The Bertz CT molecular complexity index is 555. The molecule has 1 amide bonds. The summed E-state index contributed by atoms with van der Waals surface area (Å²) in [4.78, 5) is 16.7. The van der Waals surface area contributed by atoms with E-state index in [1.165, 1.54) is 0 Å². The van der Waals surface area contributed by atoms with Crippen LogP contribution in [-0.2, 0) is 9.53 Å². The number of carbonyl (C=O) groups excluding carboxylic acids is 1. The van der Waals surface area contributed by atoms with Crippen LogP contribution in [0.2, 0.25) is 5.02 Å². The Kier molecular flexibility index (Phi) is 6.11. The molecule has 1 aromatic rings. The van der Waals surface area contributed by atoms with Crippen LogP contribution in [0.3, 0.4) is 0 Å². The van der Waals surface area contributed by atoms with Crippen LogP contribution in [0.1, 0.15) is 24.5 Å². The number of nitrogens with zero attached hydrogens (tertiary/aromatic N) is 2. The first-order valence-corrected chi connectivity index (χ1v) is 9.04. The molecule has 2 saturated heterocycles. The van der Waals surface area contributed by atoms with Crippen LogP contribution in [0.15, 0.2) is 24.3 Å². The van der Waals surface area contributed by atoms with Gasteiger partial charge in [0.1, 0.15) is 0 Å². The number of ether oxygens (including phenoxy) is 1. The summed E-state index contributed by atoms with van der Waals surface area (Å²) in [6.07, 6.45) is 1.11. The van der Waals surface area contributed by atoms with Gasteiger partial charge in [0.2, 0.25) is 5.91 Å². The van der Waals surface area contributed by atoms with Crippen LogP contribution in [0.4, 0.5) is 0 Å². The van der Waals surface area contributed by atoms with Crippen molar-refractivity contribution in [2.24, 2.45) is 5.92 Å². The maximum Gasteiger partial charge on any atom is 0.225 e. The van der Waals surface area contributed by atoms with Gasteiger partial charge in [-0.25, -0.2) is 0 Å². The van der Waals surface area contributed by atoms with E-state index in [0.29, 0.717) is 37.9 Å². The van der Waals surface area contributed by atoms with Gasteiger partial charge in [0.25, 0.3) is 0 Å². The predicted molar refractivity (Wildman–Crippen MR) is 93.0 cm³/mol. The Morgan fingerprint density at radius 3 is 2.54 bits per heavy atom. The zero-order valence-corrected chi connectivity index (χ0v) is 14.6. The normalized spacial score (nSPS) is 21.7. The van der Waals surface area contributed by atoms with Gasteiger partial charge in [0, 0.05) is 36.1 Å². The van der Waals surface area contributed by atoms with Crippen molar-refractivity contribution in [2.75, 3.05) is 45.9 Å². The molecule has 6 heteroatoms. The average Bonchev–Trinajstić information content (AvgIpc) is 2.63. The number of aliphatic hydroxyl groups excluding tert-OH is 1. The second-order valence-electron chi connectivity index (χ2n) is 6.55. The van der Waals surface area contributed by atoms with Crippen molar-refractivity contribution in [1.29, 1.82) is 0 Å².